The fourth-order valence-corrected chi connectivity index (χ4v) is 1.26. The second-order valence-corrected chi connectivity index (χ2v) is 3.13. The smallest absolute Gasteiger partial charge is 0.333 e. The molecule has 5 heteroatoms. The van der Waals surface area contributed by atoms with Gasteiger partial charge < -0.3 is 14.6 Å². The molecule has 1 aromatic carbocycles. The van der Waals surface area contributed by atoms with Gasteiger partial charge >= 0.3 is 5.97 Å². The molecule has 0 aliphatic rings. The maximum atomic E-state index is 10.4. The maximum Gasteiger partial charge on any atom is 0.333 e. The number of fused-ring (bicyclic) bond motifs is 1. The van der Waals surface area contributed by atoms with Gasteiger partial charge in [0.1, 0.15) is 5.52 Å². The zero-order valence-corrected chi connectivity index (χ0v) is 7.75. The van der Waals surface area contributed by atoms with Gasteiger partial charge in [-0.3, -0.25) is 0 Å². The zero-order chi connectivity index (χ0) is 10.8. The van der Waals surface area contributed by atoms with Crippen LogP contribution in [0, 0.1) is 0 Å². The minimum Gasteiger partial charge on any atom is -0.479 e. The lowest BCUT2D eigenvalue weighted by Crippen LogP contribution is -2.22. The van der Waals surface area contributed by atoms with Crippen LogP contribution in [-0.2, 0) is 11.2 Å². The molecule has 1 aromatic heterocycles. The third-order valence-electron chi connectivity index (χ3n) is 1.99. The SMILES string of the molecule is O=C(O)C(O)Cc1nc2ccccc2o1. The summed E-state index contributed by atoms with van der Waals surface area (Å²) in [4.78, 5) is 14.4. The van der Waals surface area contributed by atoms with E-state index in [0.717, 1.165) is 0 Å². The molecule has 1 atom stereocenters. The first kappa shape index (κ1) is 9.67. The highest BCUT2D eigenvalue weighted by Crippen LogP contribution is 2.15. The van der Waals surface area contributed by atoms with Crippen molar-refractivity contribution in [2.24, 2.45) is 0 Å². The third-order valence-corrected chi connectivity index (χ3v) is 1.99. The molecule has 1 heterocycles. The molecule has 0 bridgehead atoms. The molecule has 2 aromatic rings. The maximum absolute atomic E-state index is 10.4. The molecule has 0 saturated heterocycles. The Morgan fingerprint density at radius 2 is 2.20 bits per heavy atom. The van der Waals surface area contributed by atoms with Gasteiger partial charge in [-0.2, -0.15) is 0 Å². The van der Waals surface area contributed by atoms with Crippen molar-refractivity contribution in [2.45, 2.75) is 12.5 Å². The number of hydrogen-bond acceptors (Lipinski definition) is 4. The largest absolute Gasteiger partial charge is 0.479 e. The Hall–Kier alpha value is -1.88. The number of rotatable bonds is 3. The number of nitrogens with zero attached hydrogens (tertiary/aromatic N) is 1. The minimum absolute atomic E-state index is 0.121. The van der Waals surface area contributed by atoms with Crippen LogP contribution in [0.1, 0.15) is 5.89 Å². The van der Waals surface area contributed by atoms with Crippen molar-refractivity contribution in [1.82, 2.24) is 4.98 Å². The fraction of sp³-hybridized carbons (Fsp3) is 0.200. The van der Waals surface area contributed by atoms with Gasteiger partial charge in [0.2, 0.25) is 0 Å². The second kappa shape index (κ2) is 3.70. The molecule has 2 rings (SSSR count). The molecule has 0 spiro atoms. The summed E-state index contributed by atoms with van der Waals surface area (Å²) < 4.78 is 5.25. The second-order valence-electron chi connectivity index (χ2n) is 3.13. The van der Waals surface area contributed by atoms with Gasteiger partial charge in [0, 0.05) is 0 Å². The van der Waals surface area contributed by atoms with Gasteiger partial charge in [-0.05, 0) is 12.1 Å². The van der Waals surface area contributed by atoms with Gasteiger partial charge in [0.15, 0.2) is 17.6 Å². The average Bonchev–Trinajstić information content (AvgIpc) is 2.59. The first-order valence-corrected chi connectivity index (χ1v) is 4.42. The van der Waals surface area contributed by atoms with Crippen LogP contribution in [0.5, 0.6) is 0 Å². The number of carboxylic acid groups (broad SMARTS) is 1. The molecule has 0 fully saturated rings. The van der Waals surface area contributed by atoms with E-state index in [0.29, 0.717) is 11.1 Å². The number of oxazole rings is 1. The number of aliphatic hydroxyl groups excluding tert-OH is 1. The number of aliphatic hydroxyl groups is 1. The van der Waals surface area contributed by atoms with E-state index >= 15 is 0 Å². The van der Waals surface area contributed by atoms with E-state index in [4.69, 9.17) is 14.6 Å². The number of aliphatic carboxylic acids is 1. The van der Waals surface area contributed by atoms with Crippen LogP contribution in [0.4, 0.5) is 0 Å². The summed E-state index contributed by atoms with van der Waals surface area (Å²) in [7, 11) is 0. The van der Waals surface area contributed by atoms with E-state index in [1.807, 2.05) is 6.07 Å². The van der Waals surface area contributed by atoms with Crippen LogP contribution in [0.25, 0.3) is 11.1 Å². The molecule has 0 aliphatic carbocycles. The van der Waals surface area contributed by atoms with E-state index in [2.05, 4.69) is 4.98 Å². The Balaban J connectivity index is 2.26. The van der Waals surface area contributed by atoms with E-state index in [9.17, 15) is 4.79 Å². The molecular weight excluding hydrogens is 198 g/mol. The van der Waals surface area contributed by atoms with Gasteiger partial charge in [0.05, 0.1) is 6.42 Å². The molecule has 0 amide bonds. The van der Waals surface area contributed by atoms with E-state index < -0.39 is 12.1 Å². The summed E-state index contributed by atoms with van der Waals surface area (Å²) >= 11 is 0. The van der Waals surface area contributed by atoms with Gasteiger partial charge in [-0.25, -0.2) is 9.78 Å². The zero-order valence-electron chi connectivity index (χ0n) is 7.75. The molecule has 2 N–H and O–H groups in total. The number of aromatic nitrogens is 1. The summed E-state index contributed by atoms with van der Waals surface area (Å²) in [5, 5.41) is 17.6. The Morgan fingerprint density at radius 1 is 1.47 bits per heavy atom. The van der Waals surface area contributed by atoms with Gasteiger partial charge in [0.25, 0.3) is 0 Å². The van der Waals surface area contributed by atoms with E-state index in [1.54, 1.807) is 18.2 Å². The lowest BCUT2D eigenvalue weighted by Gasteiger charge is -1.99. The summed E-state index contributed by atoms with van der Waals surface area (Å²) in [6, 6.07) is 7.10. The number of benzene rings is 1. The third kappa shape index (κ3) is 1.97. The summed E-state index contributed by atoms with van der Waals surface area (Å²) in [5.74, 6) is -1.05. The van der Waals surface area contributed by atoms with Crippen LogP contribution >= 0.6 is 0 Å². The predicted octanol–water partition coefficient (Wildman–Crippen LogP) is 0.816. The number of carboxylic acids is 1. The lowest BCUT2D eigenvalue weighted by molar-refractivity contribution is -0.146. The summed E-state index contributed by atoms with van der Waals surface area (Å²) in [6.45, 7) is 0. The van der Waals surface area contributed by atoms with Gasteiger partial charge in [-0.1, -0.05) is 12.1 Å². The Kier molecular flexibility index (Phi) is 2.39. The van der Waals surface area contributed by atoms with E-state index in [-0.39, 0.29) is 12.3 Å². The van der Waals surface area contributed by atoms with Crippen molar-refractivity contribution in [3.63, 3.8) is 0 Å². The Labute approximate surface area is 85.0 Å². The number of para-hydroxylation sites is 2. The van der Waals surface area contributed by atoms with Crippen LogP contribution in [-0.4, -0.2) is 27.3 Å². The first-order valence-electron chi connectivity index (χ1n) is 4.42. The van der Waals surface area contributed by atoms with Crippen molar-refractivity contribution < 1.29 is 19.4 Å². The topological polar surface area (TPSA) is 83.6 Å². The number of hydrogen-bond donors (Lipinski definition) is 2. The van der Waals surface area contributed by atoms with Crippen LogP contribution in [0.2, 0.25) is 0 Å². The Morgan fingerprint density at radius 3 is 2.87 bits per heavy atom. The van der Waals surface area contributed by atoms with Crippen molar-refractivity contribution in [3.8, 4) is 0 Å². The van der Waals surface area contributed by atoms with Crippen molar-refractivity contribution in [1.29, 1.82) is 0 Å². The van der Waals surface area contributed by atoms with Crippen LogP contribution in [0.15, 0.2) is 28.7 Å². The predicted molar refractivity (Wildman–Crippen MR) is 51.4 cm³/mol. The fourth-order valence-electron chi connectivity index (χ4n) is 1.26. The highest BCUT2D eigenvalue weighted by Gasteiger charge is 2.17. The normalized spacial score (nSPS) is 12.9. The van der Waals surface area contributed by atoms with Gasteiger partial charge in [-0.15, -0.1) is 0 Å². The highest BCUT2D eigenvalue weighted by molar-refractivity contribution is 5.73. The van der Waals surface area contributed by atoms with Crippen molar-refractivity contribution in [3.05, 3.63) is 30.2 Å². The molecule has 5 nitrogen and oxygen atoms in total. The van der Waals surface area contributed by atoms with Crippen molar-refractivity contribution in [2.75, 3.05) is 0 Å². The first-order chi connectivity index (χ1) is 7.16. The molecule has 15 heavy (non-hydrogen) atoms. The highest BCUT2D eigenvalue weighted by atomic mass is 16.4. The molecule has 0 radical (unpaired) electrons. The standard InChI is InChI=1S/C10H9NO4/c12-7(10(13)14)5-9-11-6-3-1-2-4-8(6)15-9/h1-4,7,12H,5H2,(H,13,14). The average molecular weight is 207 g/mol. The minimum atomic E-state index is -1.47. The van der Waals surface area contributed by atoms with Crippen molar-refractivity contribution >= 4 is 17.1 Å². The molecule has 1 unspecified atom stereocenters. The summed E-state index contributed by atoms with van der Waals surface area (Å²) in [5.41, 5.74) is 1.25. The lowest BCUT2D eigenvalue weighted by atomic mass is 10.2. The quantitative estimate of drug-likeness (QED) is 0.778. The van der Waals surface area contributed by atoms with Crippen LogP contribution < -0.4 is 0 Å². The Bertz CT molecular complexity index is 458. The number of carbonyl (C=O) groups is 1. The van der Waals surface area contributed by atoms with Crippen LogP contribution in [0.3, 0.4) is 0 Å². The monoisotopic (exact) mass is 207 g/mol. The molecular formula is C10H9NO4. The molecule has 78 valence electrons. The molecule has 0 aliphatic heterocycles. The molecule has 0 saturated carbocycles. The summed E-state index contributed by atoms with van der Waals surface area (Å²) in [6.07, 6.45) is -1.60. The van der Waals surface area contributed by atoms with E-state index in [1.165, 1.54) is 0 Å².